The first-order valence-corrected chi connectivity index (χ1v) is 16.3. The number of carbonyl (C=O) groups excluding carboxylic acids is 2. The van der Waals surface area contributed by atoms with E-state index >= 15 is 0 Å². The maximum absolute atomic E-state index is 14.2. The Kier molecular flexibility index (Phi) is 12.3. The van der Waals surface area contributed by atoms with Gasteiger partial charge in [-0.3, -0.25) is 19.6 Å². The largest absolute Gasteiger partial charge is 0.456 e. The van der Waals surface area contributed by atoms with Crippen molar-refractivity contribution in [1.82, 2.24) is 9.97 Å². The molecule has 0 bridgehead atoms. The van der Waals surface area contributed by atoms with Gasteiger partial charge < -0.3 is 20.3 Å². The molecule has 0 atom stereocenters. The van der Waals surface area contributed by atoms with Crippen LogP contribution < -0.4 is 20.3 Å². The van der Waals surface area contributed by atoms with Crippen LogP contribution in [0.5, 0.6) is 11.5 Å². The van der Waals surface area contributed by atoms with Crippen LogP contribution in [0.15, 0.2) is 128 Å². The molecule has 0 saturated carbocycles. The van der Waals surface area contributed by atoms with Crippen molar-refractivity contribution in [2.75, 3.05) is 22.1 Å². The van der Waals surface area contributed by atoms with Gasteiger partial charge in [-0.1, -0.05) is 41.3 Å². The Balaban J connectivity index is 0.000000201. The Bertz CT molecular complexity index is 2240. The molecule has 4 aromatic carbocycles. The van der Waals surface area contributed by atoms with Gasteiger partial charge in [-0.25, -0.2) is 8.78 Å². The highest BCUT2D eigenvalue weighted by molar-refractivity contribution is 6.31. The second kappa shape index (κ2) is 17.4. The van der Waals surface area contributed by atoms with E-state index in [4.69, 9.17) is 22.8 Å². The molecule has 0 aliphatic heterocycles. The van der Waals surface area contributed by atoms with Gasteiger partial charge in [-0.2, -0.15) is 0 Å². The van der Waals surface area contributed by atoms with Gasteiger partial charge >= 0.3 is 0 Å². The molecule has 2 N–H and O–H groups in total. The lowest BCUT2D eigenvalue weighted by Crippen LogP contribution is -2.17. The van der Waals surface area contributed by atoms with Crippen LogP contribution in [-0.4, -0.2) is 28.3 Å². The van der Waals surface area contributed by atoms with E-state index in [-0.39, 0.29) is 17.6 Å². The molecule has 11 heteroatoms. The van der Waals surface area contributed by atoms with Gasteiger partial charge in [0.05, 0.1) is 24.3 Å². The molecule has 260 valence electrons. The maximum Gasteiger partial charge on any atom is 0.255 e. The number of terminal acetylenes is 1. The van der Waals surface area contributed by atoms with Gasteiger partial charge in [0.15, 0.2) is 0 Å². The number of hydrogen-bond donors (Lipinski definition) is 2. The molecule has 0 fully saturated rings. The van der Waals surface area contributed by atoms with Crippen LogP contribution in [0.3, 0.4) is 0 Å². The van der Waals surface area contributed by atoms with Gasteiger partial charge in [0.1, 0.15) is 23.1 Å². The van der Waals surface area contributed by atoms with Crippen LogP contribution in [0.25, 0.3) is 0 Å². The smallest absolute Gasteiger partial charge is 0.255 e. The molecule has 2 aromatic heterocycles. The number of aromatic nitrogens is 2. The van der Waals surface area contributed by atoms with Gasteiger partial charge in [0, 0.05) is 63.6 Å². The summed E-state index contributed by atoms with van der Waals surface area (Å²) >= 11 is 6.08. The van der Waals surface area contributed by atoms with Crippen LogP contribution in [0, 0.1) is 30.9 Å². The van der Waals surface area contributed by atoms with Crippen molar-refractivity contribution in [2.45, 2.75) is 13.8 Å². The summed E-state index contributed by atoms with van der Waals surface area (Å²) < 4.78 is 32.9. The summed E-state index contributed by atoms with van der Waals surface area (Å²) in [6, 6.07) is 28.1. The van der Waals surface area contributed by atoms with E-state index in [9.17, 15) is 18.4 Å². The predicted molar refractivity (Wildman–Crippen MR) is 201 cm³/mol. The molecule has 52 heavy (non-hydrogen) atoms. The SMILES string of the molecule is C#Cc1cccc(C(=O)Nc2cc(Cl)cc(Oc3cncc(F)c3)c2)c1.CCN(c1cccnc1)c1cc(F)cc(NC(=O)c2cccc(C)c2)c1. The van der Waals surface area contributed by atoms with E-state index in [0.717, 1.165) is 17.4 Å². The number of carbonyl (C=O) groups is 2. The molecule has 6 aromatic rings. The Hall–Kier alpha value is -6.57. The van der Waals surface area contributed by atoms with E-state index in [2.05, 4.69) is 26.5 Å². The summed E-state index contributed by atoms with van der Waals surface area (Å²) in [5, 5.41) is 5.85. The van der Waals surface area contributed by atoms with Crippen LogP contribution >= 0.6 is 11.6 Å². The topological polar surface area (TPSA) is 96.4 Å². The number of hydrogen-bond acceptors (Lipinski definition) is 6. The first-order chi connectivity index (χ1) is 25.1. The lowest BCUT2D eigenvalue weighted by molar-refractivity contribution is 0.101. The van der Waals surface area contributed by atoms with Crippen molar-refractivity contribution in [3.05, 3.63) is 167 Å². The second-order valence-corrected chi connectivity index (χ2v) is 11.7. The Morgan fingerprint density at radius 3 is 2.17 bits per heavy atom. The number of ether oxygens (including phenoxy) is 1. The molecule has 0 unspecified atom stereocenters. The number of halogens is 3. The number of amides is 2. The minimum Gasteiger partial charge on any atom is -0.456 e. The molecular weight excluding hydrogens is 684 g/mol. The van der Waals surface area contributed by atoms with E-state index in [1.165, 1.54) is 24.4 Å². The first-order valence-electron chi connectivity index (χ1n) is 15.9. The standard InChI is InChI=1S/C21H20FN3O.C20H12ClFN2O2/c1-3-25(19-8-5-9-23-14-19)20-12-17(22)11-18(13-20)24-21(26)16-7-4-6-15(2)10-16;1-2-13-4-3-5-14(6-13)20(25)24-17-7-15(21)8-18(10-17)26-19-9-16(22)11-23-12-19/h4-14H,3H2,1-2H3,(H,24,26);1,3-12H,(H,24,25). The van der Waals surface area contributed by atoms with Crippen molar-refractivity contribution in [1.29, 1.82) is 0 Å². The van der Waals surface area contributed by atoms with Crippen molar-refractivity contribution in [2.24, 2.45) is 0 Å². The molecule has 6 rings (SSSR count). The highest BCUT2D eigenvalue weighted by Gasteiger charge is 2.13. The number of benzene rings is 4. The zero-order chi connectivity index (χ0) is 37.0. The lowest BCUT2D eigenvalue weighted by Gasteiger charge is -2.23. The Morgan fingerprint density at radius 2 is 1.50 bits per heavy atom. The maximum atomic E-state index is 14.2. The summed E-state index contributed by atoms with van der Waals surface area (Å²) in [4.78, 5) is 34.6. The molecule has 8 nitrogen and oxygen atoms in total. The normalized spacial score (nSPS) is 10.2. The van der Waals surface area contributed by atoms with Crippen LogP contribution in [-0.2, 0) is 0 Å². The quantitative estimate of drug-likeness (QED) is 0.145. The number of pyridine rings is 2. The summed E-state index contributed by atoms with van der Waals surface area (Å²) in [6.45, 7) is 4.54. The summed E-state index contributed by atoms with van der Waals surface area (Å²) in [5.74, 6) is 1.48. The summed E-state index contributed by atoms with van der Waals surface area (Å²) in [6.07, 6.45) is 11.2. The van der Waals surface area contributed by atoms with Crippen LogP contribution in [0.4, 0.5) is 31.5 Å². The molecule has 0 aliphatic carbocycles. The predicted octanol–water partition coefficient (Wildman–Crippen LogP) is 9.84. The third-order valence-electron chi connectivity index (χ3n) is 7.34. The van der Waals surface area contributed by atoms with Crippen molar-refractivity contribution in [3.8, 4) is 23.8 Å². The monoisotopic (exact) mass is 715 g/mol. The van der Waals surface area contributed by atoms with Crippen molar-refractivity contribution >= 4 is 46.2 Å². The van der Waals surface area contributed by atoms with E-state index in [1.807, 2.05) is 43.0 Å². The zero-order valence-corrected chi connectivity index (χ0v) is 28.9. The molecule has 2 heterocycles. The number of rotatable bonds is 9. The Morgan fingerprint density at radius 1 is 0.769 bits per heavy atom. The van der Waals surface area contributed by atoms with Gasteiger partial charge in [-0.05, 0) is 86.6 Å². The fourth-order valence-corrected chi connectivity index (χ4v) is 5.28. The number of anilines is 4. The average Bonchev–Trinajstić information content (AvgIpc) is 3.12. The minimum absolute atomic E-state index is 0.214. The fourth-order valence-electron chi connectivity index (χ4n) is 5.05. The number of aryl methyl sites for hydroxylation is 1. The summed E-state index contributed by atoms with van der Waals surface area (Å²) in [5.41, 5.74) is 4.89. The second-order valence-electron chi connectivity index (χ2n) is 11.3. The molecule has 2 amide bonds. The number of nitrogens with one attached hydrogen (secondary N) is 2. The lowest BCUT2D eigenvalue weighted by atomic mass is 10.1. The average molecular weight is 716 g/mol. The Labute approximate surface area is 305 Å². The zero-order valence-electron chi connectivity index (χ0n) is 28.1. The minimum atomic E-state index is -0.522. The summed E-state index contributed by atoms with van der Waals surface area (Å²) in [7, 11) is 0. The van der Waals surface area contributed by atoms with Gasteiger partial charge in [-0.15, -0.1) is 6.42 Å². The molecule has 0 saturated heterocycles. The van der Waals surface area contributed by atoms with E-state index in [0.29, 0.717) is 51.1 Å². The third-order valence-corrected chi connectivity index (χ3v) is 7.56. The molecule has 0 aliphatic rings. The highest BCUT2D eigenvalue weighted by atomic mass is 35.5. The molecule has 0 radical (unpaired) electrons. The van der Waals surface area contributed by atoms with E-state index in [1.54, 1.807) is 73.1 Å². The van der Waals surface area contributed by atoms with Crippen molar-refractivity contribution < 1.29 is 23.1 Å². The highest BCUT2D eigenvalue weighted by Crippen LogP contribution is 2.30. The van der Waals surface area contributed by atoms with Gasteiger partial charge in [0.2, 0.25) is 0 Å². The fraction of sp³-hybridized carbons (Fsp3) is 0.0732. The first kappa shape index (κ1) is 36.7. The van der Waals surface area contributed by atoms with Crippen LogP contribution in [0.2, 0.25) is 5.02 Å². The van der Waals surface area contributed by atoms with E-state index < -0.39 is 11.6 Å². The molecular formula is C41H32ClF2N5O3. The van der Waals surface area contributed by atoms with Crippen molar-refractivity contribution in [3.63, 3.8) is 0 Å². The number of nitrogens with zero attached hydrogens (tertiary/aromatic N) is 3. The van der Waals surface area contributed by atoms with Crippen LogP contribution in [0.1, 0.15) is 38.8 Å². The third kappa shape index (κ3) is 10.2. The van der Waals surface area contributed by atoms with Gasteiger partial charge in [0.25, 0.3) is 11.8 Å². The molecule has 0 spiro atoms.